The molecule has 18 heavy (non-hydrogen) atoms. The van der Waals surface area contributed by atoms with Crippen LogP contribution in [0.3, 0.4) is 0 Å². The summed E-state index contributed by atoms with van der Waals surface area (Å²) >= 11 is 11.5. The van der Waals surface area contributed by atoms with Crippen molar-refractivity contribution in [2.45, 2.75) is 26.8 Å². The Balaban J connectivity index is 2.90. The Labute approximate surface area is 116 Å². The number of phenolic OH excluding ortho intramolecular Hbond substituents is 1. The molecule has 1 amide bonds. The number of benzene rings is 1. The molecule has 1 atom stereocenters. The number of nitrogens with one attached hydrogen (secondary N) is 1. The predicted octanol–water partition coefficient (Wildman–Crippen LogP) is 3.01. The van der Waals surface area contributed by atoms with Crippen LogP contribution in [-0.2, 0) is 4.79 Å². The van der Waals surface area contributed by atoms with E-state index in [1.165, 1.54) is 12.1 Å². The minimum atomic E-state index is -0.663. The minimum absolute atomic E-state index is 0.0714. The van der Waals surface area contributed by atoms with Crippen LogP contribution >= 0.6 is 23.2 Å². The molecule has 0 unspecified atom stereocenters. The predicted molar refractivity (Wildman–Crippen MR) is 74.2 cm³/mol. The van der Waals surface area contributed by atoms with E-state index in [1.807, 2.05) is 20.8 Å². The van der Waals surface area contributed by atoms with Crippen molar-refractivity contribution >= 4 is 34.8 Å². The Kier molecular flexibility index (Phi) is 4.48. The molecule has 100 valence electrons. The maximum atomic E-state index is 11.9. The molecule has 1 aromatic rings. The fourth-order valence-electron chi connectivity index (χ4n) is 1.25. The zero-order valence-corrected chi connectivity index (χ0v) is 11.9. The Bertz CT molecular complexity index is 447. The summed E-state index contributed by atoms with van der Waals surface area (Å²) in [6.07, 6.45) is 0. The number of halogens is 2. The lowest BCUT2D eigenvalue weighted by atomic mass is 9.87. The number of aromatic hydroxyl groups is 1. The van der Waals surface area contributed by atoms with Crippen molar-refractivity contribution in [1.29, 1.82) is 0 Å². The maximum Gasteiger partial charge on any atom is 0.241 e. The van der Waals surface area contributed by atoms with Gasteiger partial charge in [0.15, 0.2) is 5.75 Å². The van der Waals surface area contributed by atoms with Crippen molar-refractivity contribution in [2.75, 3.05) is 5.32 Å². The van der Waals surface area contributed by atoms with E-state index in [0.29, 0.717) is 5.69 Å². The molecule has 0 fully saturated rings. The van der Waals surface area contributed by atoms with Crippen molar-refractivity contribution in [3.05, 3.63) is 22.2 Å². The Morgan fingerprint density at radius 2 is 1.78 bits per heavy atom. The molecule has 0 aliphatic heterocycles. The first-order chi connectivity index (χ1) is 8.12. The third kappa shape index (κ3) is 3.51. The highest BCUT2D eigenvalue weighted by Crippen LogP contribution is 2.34. The van der Waals surface area contributed by atoms with Crippen molar-refractivity contribution in [3.8, 4) is 5.75 Å². The molecule has 0 bridgehead atoms. The summed E-state index contributed by atoms with van der Waals surface area (Å²) in [6.45, 7) is 5.61. The second kappa shape index (κ2) is 5.34. The Morgan fingerprint density at radius 3 is 2.17 bits per heavy atom. The molecule has 0 saturated heterocycles. The van der Waals surface area contributed by atoms with Crippen LogP contribution in [0.25, 0.3) is 0 Å². The summed E-state index contributed by atoms with van der Waals surface area (Å²) in [4.78, 5) is 11.9. The van der Waals surface area contributed by atoms with Crippen LogP contribution in [0.1, 0.15) is 20.8 Å². The van der Waals surface area contributed by atoms with E-state index in [9.17, 15) is 9.90 Å². The molecule has 6 heteroatoms. The van der Waals surface area contributed by atoms with E-state index < -0.39 is 6.04 Å². The molecule has 4 N–H and O–H groups in total. The monoisotopic (exact) mass is 290 g/mol. The number of anilines is 1. The normalized spacial score (nSPS) is 13.2. The fraction of sp³-hybridized carbons (Fsp3) is 0.417. The van der Waals surface area contributed by atoms with Gasteiger partial charge in [0.25, 0.3) is 0 Å². The second-order valence-corrected chi connectivity index (χ2v) is 5.94. The van der Waals surface area contributed by atoms with Gasteiger partial charge in [-0.2, -0.15) is 0 Å². The quantitative estimate of drug-likeness (QED) is 0.733. The number of rotatable bonds is 2. The van der Waals surface area contributed by atoms with Crippen molar-refractivity contribution in [3.63, 3.8) is 0 Å². The van der Waals surface area contributed by atoms with Gasteiger partial charge in [0, 0.05) is 5.69 Å². The lowest BCUT2D eigenvalue weighted by Gasteiger charge is -2.25. The largest absolute Gasteiger partial charge is 0.505 e. The number of hydrogen-bond donors (Lipinski definition) is 3. The van der Waals surface area contributed by atoms with E-state index in [0.717, 1.165) is 0 Å². The number of carbonyl (C=O) groups excluding carboxylic acids is 1. The molecule has 0 saturated carbocycles. The number of carbonyl (C=O) groups is 1. The maximum absolute atomic E-state index is 11.9. The smallest absolute Gasteiger partial charge is 0.241 e. The molecular formula is C12H16Cl2N2O2. The van der Waals surface area contributed by atoms with E-state index in [4.69, 9.17) is 28.9 Å². The number of nitrogens with two attached hydrogens (primary N) is 1. The zero-order chi connectivity index (χ0) is 14.1. The number of amides is 1. The molecule has 1 rings (SSSR count). The third-order valence-electron chi connectivity index (χ3n) is 2.50. The van der Waals surface area contributed by atoms with Gasteiger partial charge in [-0.3, -0.25) is 4.79 Å². The first-order valence-electron chi connectivity index (χ1n) is 5.37. The number of phenols is 1. The highest BCUT2D eigenvalue weighted by Gasteiger charge is 2.27. The van der Waals surface area contributed by atoms with E-state index in [2.05, 4.69) is 5.32 Å². The van der Waals surface area contributed by atoms with E-state index in [-0.39, 0.29) is 27.1 Å². The van der Waals surface area contributed by atoms with Gasteiger partial charge in [-0.05, 0) is 17.5 Å². The van der Waals surface area contributed by atoms with E-state index >= 15 is 0 Å². The zero-order valence-electron chi connectivity index (χ0n) is 10.4. The van der Waals surface area contributed by atoms with Crippen LogP contribution in [0, 0.1) is 5.41 Å². The lowest BCUT2D eigenvalue weighted by molar-refractivity contribution is -0.119. The van der Waals surface area contributed by atoms with Crippen LogP contribution in [-0.4, -0.2) is 17.1 Å². The summed E-state index contributed by atoms with van der Waals surface area (Å²) < 4.78 is 0. The number of hydrogen-bond acceptors (Lipinski definition) is 3. The van der Waals surface area contributed by atoms with Gasteiger partial charge in [-0.25, -0.2) is 0 Å². The molecule has 0 heterocycles. The van der Waals surface area contributed by atoms with E-state index in [1.54, 1.807) is 0 Å². The Morgan fingerprint density at radius 1 is 1.33 bits per heavy atom. The minimum Gasteiger partial charge on any atom is -0.505 e. The van der Waals surface area contributed by atoms with Crippen molar-refractivity contribution in [1.82, 2.24) is 0 Å². The topological polar surface area (TPSA) is 75.4 Å². The van der Waals surface area contributed by atoms with Gasteiger partial charge >= 0.3 is 0 Å². The molecule has 0 aliphatic rings. The van der Waals surface area contributed by atoms with Crippen LogP contribution in [0.5, 0.6) is 5.75 Å². The first kappa shape index (κ1) is 15.1. The average Bonchev–Trinajstić information content (AvgIpc) is 2.23. The molecule has 0 aliphatic carbocycles. The van der Waals surface area contributed by atoms with Crippen LogP contribution < -0.4 is 11.1 Å². The summed E-state index contributed by atoms with van der Waals surface area (Å²) in [5.41, 5.74) is 5.86. The second-order valence-electron chi connectivity index (χ2n) is 5.12. The Hall–Kier alpha value is -0.970. The van der Waals surface area contributed by atoms with Crippen LogP contribution in [0.15, 0.2) is 12.1 Å². The van der Waals surface area contributed by atoms with Crippen LogP contribution in [0.2, 0.25) is 10.0 Å². The van der Waals surface area contributed by atoms with Crippen LogP contribution in [0.4, 0.5) is 5.69 Å². The third-order valence-corrected chi connectivity index (χ3v) is 3.08. The van der Waals surface area contributed by atoms with Gasteiger partial charge in [-0.15, -0.1) is 0 Å². The molecular weight excluding hydrogens is 275 g/mol. The van der Waals surface area contributed by atoms with Gasteiger partial charge in [-0.1, -0.05) is 44.0 Å². The molecule has 0 aromatic heterocycles. The standard InChI is InChI=1S/C12H16Cl2N2O2/c1-12(2,3)10(15)11(18)16-6-4-7(13)9(17)8(14)5-6/h4-5,10,17H,15H2,1-3H3,(H,16,18)/t10-/m0/s1. The summed E-state index contributed by atoms with van der Waals surface area (Å²) in [5.74, 6) is -0.545. The lowest BCUT2D eigenvalue weighted by Crippen LogP contribution is -2.45. The highest BCUT2D eigenvalue weighted by molar-refractivity contribution is 6.37. The summed E-state index contributed by atoms with van der Waals surface area (Å²) in [6, 6.07) is 2.16. The summed E-state index contributed by atoms with van der Waals surface area (Å²) in [7, 11) is 0. The van der Waals surface area contributed by atoms with Gasteiger partial charge in [0.2, 0.25) is 5.91 Å². The molecule has 1 aromatic carbocycles. The van der Waals surface area contributed by atoms with Gasteiger partial charge in [0.1, 0.15) is 0 Å². The average molecular weight is 291 g/mol. The SMILES string of the molecule is CC(C)(C)[C@@H](N)C(=O)Nc1cc(Cl)c(O)c(Cl)c1. The first-order valence-corrected chi connectivity index (χ1v) is 6.13. The fourth-order valence-corrected chi connectivity index (χ4v) is 1.74. The van der Waals surface area contributed by atoms with Gasteiger partial charge in [0.05, 0.1) is 16.1 Å². The molecule has 0 radical (unpaired) electrons. The summed E-state index contributed by atoms with van der Waals surface area (Å²) in [5, 5.41) is 12.2. The highest BCUT2D eigenvalue weighted by atomic mass is 35.5. The molecule has 0 spiro atoms. The van der Waals surface area contributed by atoms with Gasteiger partial charge < -0.3 is 16.2 Å². The van der Waals surface area contributed by atoms with Crippen molar-refractivity contribution < 1.29 is 9.90 Å². The van der Waals surface area contributed by atoms with Crippen molar-refractivity contribution in [2.24, 2.45) is 11.1 Å². The molecule has 4 nitrogen and oxygen atoms in total.